The minimum Gasteiger partial charge on any atom is -0.480 e. The van der Waals surface area contributed by atoms with E-state index in [1.165, 1.54) is 0 Å². The van der Waals surface area contributed by atoms with E-state index in [-0.39, 0.29) is 11.9 Å². The Kier molecular flexibility index (Phi) is 3.74. The highest BCUT2D eigenvalue weighted by molar-refractivity contribution is 5.96. The molecule has 3 rings (SSSR count). The number of amides is 1. The SMILES string of the molecule is CCn1cccc1C(=O)N1C(C(=O)O)CC2CCCCC21. The van der Waals surface area contributed by atoms with E-state index >= 15 is 0 Å². The molecule has 1 saturated heterocycles. The van der Waals surface area contributed by atoms with Crippen LogP contribution in [0.2, 0.25) is 0 Å². The number of aromatic nitrogens is 1. The lowest BCUT2D eigenvalue weighted by molar-refractivity contribution is -0.141. The highest BCUT2D eigenvalue weighted by Gasteiger charge is 2.48. The van der Waals surface area contributed by atoms with Crippen LogP contribution >= 0.6 is 0 Å². The van der Waals surface area contributed by atoms with E-state index in [0.29, 0.717) is 24.6 Å². The first-order chi connectivity index (χ1) is 10.1. The summed E-state index contributed by atoms with van der Waals surface area (Å²) < 4.78 is 1.89. The van der Waals surface area contributed by atoms with Gasteiger partial charge in [0, 0.05) is 18.8 Å². The Morgan fingerprint density at radius 2 is 2.10 bits per heavy atom. The van der Waals surface area contributed by atoms with Crippen LogP contribution in [0, 0.1) is 5.92 Å². The molecule has 0 spiro atoms. The van der Waals surface area contributed by atoms with E-state index in [9.17, 15) is 14.7 Å². The molecule has 3 unspecified atom stereocenters. The van der Waals surface area contributed by atoms with Gasteiger partial charge in [-0.1, -0.05) is 12.8 Å². The van der Waals surface area contributed by atoms with Crippen LogP contribution in [0.15, 0.2) is 18.3 Å². The number of likely N-dealkylation sites (tertiary alicyclic amines) is 1. The van der Waals surface area contributed by atoms with Gasteiger partial charge in [0.05, 0.1) is 0 Å². The van der Waals surface area contributed by atoms with Crippen LogP contribution in [-0.2, 0) is 11.3 Å². The molecule has 5 heteroatoms. The lowest BCUT2D eigenvalue weighted by atomic mass is 9.84. The maximum atomic E-state index is 12.9. The first kappa shape index (κ1) is 14.2. The van der Waals surface area contributed by atoms with Gasteiger partial charge in [-0.15, -0.1) is 0 Å². The van der Waals surface area contributed by atoms with Gasteiger partial charge >= 0.3 is 5.97 Å². The molecule has 1 saturated carbocycles. The highest BCUT2D eigenvalue weighted by atomic mass is 16.4. The Balaban J connectivity index is 1.93. The topological polar surface area (TPSA) is 62.5 Å². The predicted molar refractivity (Wildman–Crippen MR) is 78.1 cm³/mol. The van der Waals surface area contributed by atoms with Gasteiger partial charge in [-0.2, -0.15) is 0 Å². The van der Waals surface area contributed by atoms with Crippen LogP contribution in [0.3, 0.4) is 0 Å². The smallest absolute Gasteiger partial charge is 0.326 e. The molecule has 21 heavy (non-hydrogen) atoms. The van der Waals surface area contributed by atoms with E-state index in [2.05, 4.69) is 0 Å². The van der Waals surface area contributed by atoms with E-state index < -0.39 is 12.0 Å². The fraction of sp³-hybridized carbons (Fsp3) is 0.625. The summed E-state index contributed by atoms with van der Waals surface area (Å²) in [5.41, 5.74) is 0.606. The third-order valence-corrected chi connectivity index (χ3v) is 5.00. The fourth-order valence-corrected chi connectivity index (χ4v) is 3.99. The van der Waals surface area contributed by atoms with Crippen molar-refractivity contribution in [2.24, 2.45) is 5.92 Å². The first-order valence-corrected chi connectivity index (χ1v) is 7.84. The van der Waals surface area contributed by atoms with Crippen molar-refractivity contribution in [1.29, 1.82) is 0 Å². The maximum absolute atomic E-state index is 12.9. The van der Waals surface area contributed by atoms with Crippen LogP contribution in [0.25, 0.3) is 0 Å². The van der Waals surface area contributed by atoms with Crippen molar-refractivity contribution in [1.82, 2.24) is 9.47 Å². The van der Waals surface area contributed by atoms with Crippen LogP contribution in [-0.4, -0.2) is 38.5 Å². The van der Waals surface area contributed by atoms with Crippen LogP contribution in [0.1, 0.15) is 49.5 Å². The minimum absolute atomic E-state index is 0.104. The maximum Gasteiger partial charge on any atom is 0.326 e. The number of hydrogen-bond donors (Lipinski definition) is 1. The van der Waals surface area contributed by atoms with Crippen molar-refractivity contribution in [3.8, 4) is 0 Å². The largest absolute Gasteiger partial charge is 0.480 e. The highest BCUT2D eigenvalue weighted by Crippen LogP contribution is 2.40. The summed E-state index contributed by atoms with van der Waals surface area (Å²) in [6.45, 7) is 2.70. The number of aliphatic carboxylic acids is 1. The van der Waals surface area contributed by atoms with Gasteiger partial charge in [-0.05, 0) is 44.2 Å². The number of carbonyl (C=O) groups excluding carboxylic acids is 1. The number of carboxylic acids is 1. The molecule has 5 nitrogen and oxygen atoms in total. The summed E-state index contributed by atoms with van der Waals surface area (Å²) in [6.07, 6.45) is 6.71. The number of nitrogens with zero attached hydrogens (tertiary/aromatic N) is 2. The average Bonchev–Trinajstić information content (AvgIpc) is 3.10. The lowest BCUT2D eigenvalue weighted by Gasteiger charge is -2.33. The van der Waals surface area contributed by atoms with Gasteiger partial charge in [0.25, 0.3) is 5.91 Å². The zero-order valence-electron chi connectivity index (χ0n) is 12.4. The normalized spacial score (nSPS) is 28.4. The van der Waals surface area contributed by atoms with Gasteiger partial charge in [0.15, 0.2) is 0 Å². The molecule has 3 atom stereocenters. The Morgan fingerprint density at radius 3 is 2.81 bits per heavy atom. The van der Waals surface area contributed by atoms with Crippen LogP contribution in [0.5, 0.6) is 0 Å². The lowest BCUT2D eigenvalue weighted by Crippen LogP contribution is -2.46. The summed E-state index contributed by atoms with van der Waals surface area (Å²) in [6, 6.07) is 3.08. The van der Waals surface area contributed by atoms with Crippen LogP contribution < -0.4 is 0 Å². The number of hydrogen-bond acceptors (Lipinski definition) is 2. The Labute approximate surface area is 124 Å². The van der Waals surface area contributed by atoms with Gasteiger partial charge in [-0.3, -0.25) is 4.79 Å². The van der Waals surface area contributed by atoms with Crippen LogP contribution in [0.4, 0.5) is 0 Å². The average molecular weight is 290 g/mol. The molecule has 0 radical (unpaired) electrons. The van der Waals surface area contributed by atoms with Crippen molar-refractivity contribution >= 4 is 11.9 Å². The zero-order chi connectivity index (χ0) is 15.0. The van der Waals surface area contributed by atoms with Gasteiger partial charge < -0.3 is 14.6 Å². The molecular weight excluding hydrogens is 268 g/mol. The molecule has 2 aliphatic rings. The Morgan fingerprint density at radius 1 is 1.33 bits per heavy atom. The number of aryl methyl sites for hydroxylation is 1. The predicted octanol–water partition coefficient (Wildman–Crippen LogP) is 2.37. The fourth-order valence-electron chi connectivity index (χ4n) is 3.99. The van der Waals surface area contributed by atoms with Crippen molar-refractivity contribution < 1.29 is 14.7 Å². The summed E-state index contributed by atoms with van der Waals surface area (Å²) in [5.74, 6) is -0.634. The minimum atomic E-state index is -0.868. The third kappa shape index (κ3) is 2.34. The third-order valence-electron chi connectivity index (χ3n) is 5.00. The molecular formula is C16H22N2O3. The molecule has 2 heterocycles. The van der Waals surface area contributed by atoms with E-state index in [0.717, 1.165) is 25.7 Å². The second-order valence-electron chi connectivity index (χ2n) is 6.09. The van der Waals surface area contributed by atoms with Gasteiger partial charge in [0.2, 0.25) is 0 Å². The zero-order valence-corrected chi connectivity index (χ0v) is 12.4. The standard InChI is InChI=1S/C16H22N2O3/c1-2-17-9-5-8-13(17)15(19)18-12-7-4-3-6-11(12)10-14(18)16(20)21/h5,8-9,11-12,14H,2-4,6-7,10H2,1H3,(H,20,21). The van der Waals surface area contributed by atoms with Crippen molar-refractivity contribution in [2.45, 2.75) is 57.7 Å². The van der Waals surface area contributed by atoms with E-state index in [4.69, 9.17) is 0 Å². The molecule has 1 aliphatic carbocycles. The molecule has 0 bridgehead atoms. The van der Waals surface area contributed by atoms with Crippen molar-refractivity contribution in [3.05, 3.63) is 24.0 Å². The van der Waals surface area contributed by atoms with Gasteiger partial charge in [-0.25, -0.2) is 4.79 Å². The summed E-state index contributed by atoms with van der Waals surface area (Å²) >= 11 is 0. The molecule has 1 aliphatic heterocycles. The number of rotatable bonds is 3. The van der Waals surface area contributed by atoms with E-state index in [1.807, 2.05) is 23.8 Å². The first-order valence-electron chi connectivity index (χ1n) is 7.84. The Hall–Kier alpha value is -1.78. The summed E-state index contributed by atoms with van der Waals surface area (Å²) in [5, 5.41) is 9.50. The molecule has 1 aromatic rings. The Bertz CT molecular complexity index is 551. The second kappa shape index (κ2) is 5.54. The van der Waals surface area contributed by atoms with Gasteiger partial charge in [0.1, 0.15) is 11.7 Å². The molecule has 1 amide bonds. The number of fused-ring (bicyclic) bond motifs is 1. The summed E-state index contributed by atoms with van der Waals surface area (Å²) in [4.78, 5) is 26.1. The summed E-state index contributed by atoms with van der Waals surface area (Å²) in [7, 11) is 0. The number of carboxylic acid groups (broad SMARTS) is 1. The monoisotopic (exact) mass is 290 g/mol. The molecule has 1 N–H and O–H groups in total. The molecule has 0 aromatic carbocycles. The quantitative estimate of drug-likeness (QED) is 0.929. The van der Waals surface area contributed by atoms with Crippen molar-refractivity contribution in [3.63, 3.8) is 0 Å². The van der Waals surface area contributed by atoms with E-state index in [1.54, 1.807) is 11.0 Å². The molecule has 1 aromatic heterocycles. The molecule has 2 fully saturated rings. The number of carbonyl (C=O) groups is 2. The molecule has 114 valence electrons. The second-order valence-corrected chi connectivity index (χ2v) is 6.09. The van der Waals surface area contributed by atoms with Crippen molar-refractivity contribution in [2.75, 3.05) is 0 Å².